The summed E-state index contributed by atoms with van der Waals surface area (Å²) in [5, 5.41) is 16.6. The molecule has 2 fully saturated rings. The number of aromatic hydroxyl groups is 1. The topological polar surface area (TPSA) is 64.6 Å². The second kappa shape index (κ2) is 7.30. The van der Waals surface area contributed by atoms with Crippen molar-refractivity contribution in [3.63, 3.8) is 0 Å². The second-order valence-corrected chi connectivity index (χ2v) is 7.88. The van der Waals surface area contributed by atoms with Crippen molar-refractivity contribution in [2.45, 2.75) is 26.2 Å². The summed E-state index contributed by atoms with van der Waals surface area (Å²) in [5.74, 6) is 0.0157. The van der Waals surface area contributed by atoms with Crippen molar-refractivity contribution in [2.75, 3.05) is 38.0 Å². The summed E-state index contributed by atoms with van der Waals surface area (Å²) >= 11 is 5.93. The molecule has 0 saturated carbocycles. The number of carbonyl (C=O) groups is 1. The van der Waals surface area contributed by atoms with Crippen LogP contribution in [0.25, 0.3) is 0 Å². The van der Waals surface area contributed by atoms with Gasteiger partial charge in [0.15, 0.2) is 0 Å². The highest BCUT2D eigenvalue weighted by molar-refractivity contribution is 6.31. The van der Waals surface area contributed by atoms with Gasteiger partial charge in [-0.3, -0.25) is 4.79 Å². The van der Waals surface area contributed by atoms with Gasteiger partial charge in [0.25, 0.3) is 0 Å². The third kappa shape index (κ3) is 4.21. The second-order valence-electron chi connectivity index (χ2n) is 7.44. The molecular weight excluding hydrogens is 326 g/mol. The predicted octanol–water partition coefficient (Wildman–Crippen LogP) is 2.70. The van der Waals surface area contributed by atoms with Crippen LogP contribution in [0.1, 0.15) is 26.2 Å². The zero-order valence-electron chi connectivity index (χ0n) is 14.1. The summed E-state index contributed by atoms with van der Waals surface area (Å²) in [6.45, 7) is 7.54. The zero-order valence-corrected chi connectivity index (χ0v) is 14.9. The molecule has 0 bridgehead atoms. The Morgan fingerprint density at radius 3 is 2.88 bits per heavy atom. The van der Waals surface area contributed by atoms with E-state index in [-0.39, 0.29) is 17.6 Å². The number of piperidine rings is 1. The van der Waals surface area contributed by atoms with Gasteiger partial charge in [-0.25, -0.2) is 0 Å². The van der Waals surface area contributed by atoms with Gasteiger partial charge in [0, 0.05) is 24.0 Å². The average Bonchev–Trinajstić information content (AvgIpc) is 2.98. The Bertz CT molecular complexity index is 594. The van der Waals surface area contributed by atoms with Crippen molar-refractivity contribution >= 4 is 23.2 Å². The molecule has 3 N–H and O–H groups in total. The number of carbonyl (C=O) groups excluding carboxylic acids is 1. The Kier molecular flexibility index (Phi) is 5.33. The van der Waals surface area contributed by atoms with Crippen molar-refractivity contribution in [1.82, 2.24) is 10.2 Å². The van der Waals surface area contributed by atoms with Crippen LogP contribution in [0.4, 0.5) is 5.69 Å². The maximum Gasteiger partial charge on any atom is 0.227 e. The quantitative estimate of drug-likeness (QED) is 0.730. The molecule has 2 aliphatic rings. The van der Waals surface area contributed by atoms with E-state index in [2.05, 4.69) is 22.5 Å². The molecular formula is C18H26ClN3O2. The molecule has 132 valence electrons. The molecule has 0 aromatic heterocycles. The number of rotatable bonds is 4. The minimum atomic E-state index is -0.0269. The first-order chi connectivity index (χ1) is 11.5. The molecule has 2 saturated heterocycles. The Labute approximate surface area is 148 Å². The summed E-state index contributed by atoms with van der Waals surface area (Å²) < 4.78 is 0. The maximum absolute atomic E-state index is 12.5. The van der Waals surface area contributed by atoms with Crippen molar-refractivity contribution in [1.29, 1.82) is 0 Å². The van der Waals surface area contributed by atoms with Crippen LogP contribution in [0.3, 0.4) is 0 Å². The van der Waals surface area contributed by atoms with Crippen molar-refractivity contribution in [3.05, 3.63) is 23.2 Å². The number of hydrogen-bond acceptors (Lipinski definition) is 4. The van der Waals surface area contributed by atoms with Gasteiger partial charge in [-0.15, -0.1) is 0 Å². The van der Waals surface area contributed by atoms with Crippen LogP contribution in [0, 0.1) is 11.3 Å². The number of nitrogens with zero attached hydrogens (tertiary/aromatic N) is 1. The van der Waals surface area contributed by atoms with Crippen molar-refractivity contribution in [2.24, 2.45) is 11.3 Å². The van der Waals surface area contributed by atoms with E-state index >= 15 is 0 Å². The van der Waals surface area contributed by atoms with Crippen molar-refractivity contribution < 1.29 is 9.90 Å². The summed E-state index contributed by atoms with van der Waals surface area (Å²) in [7, 11) is 0. The van der Waals surface area contributed by atoms with Crippen LogP contribution in [0.2, 0.25) is 5.02 Å². The summed E-state index contributed by atoms with van der Waals surface area (Å²) in [6, 6.07) is 4.68. The molecule has 3 rings (SSSR count). The van der Waals surface area contributed by atoms with Crippen LogP contribution in [0.15, 0.2) is 18.2 Å². The third-order valence-electron chi connectivity index (χ3n) is 5.24. The first-order valence-corrected chi connectivity index (χ1v) is 9.05. The Balaban J connectivity index is 1.50. The molecule has 2 aliphatic heterocycles. The highest BCUT2D eigenvalue weighted by Gasteiger charge is 2.33. The molecule has 6 heteroatoms. The normalized spacial score (nSPS) is 25.8. The van der Waals surface area contributed by atoms with Gasteiger partial charge >= 0.3 is 0 Å². The number of benzene rings is 1. The molecule has 1 aromatic rings. The van der Waals surface area contributed by atoms with Crippen LogP contribution >= 0.6 is 11.6 Å². The van der Waals surface area contributed by atoms with E-state index in [1.54, 1.807) is 12.1 Å². The van der Waals surface area contributed by atoms with Gasteiger partial charge in [0.05, 0.1) is 5.69 Å². The maximum atomic E-state index is 12.5. The summed E-state index contributed by atoms with van der Waals surface area (Å²) in [5.41, 5.74) is 0.751. The van der Waals surface area contributed by atoms with Crippen LogP contribution < -0.4 is 10.6 Å². The predicted molar refractivity (Wildman–Crippen MR) is 96.5 cm³/mol. The molecule has 0 radical (unpaired) electrons. The van der Waals surface area contributed by atoms with E-state index in [0.29, 0.717) is 16.1 Å². The molecule has 5 nitrogen and oxygen atoms in total. The first-order valence-electron chi connectivity index (χ1n) is 8.68. The zero-order chi connectivity index (χ0) is 17.2. The van der Waals surface area contributed by atoms with Gasteiger partial charge in [-0.2, -0.15) is 0 Å². The van der Waals surface area contributed by atoms with E-state index in [0.717, 1.165) is 45.6 Å². The molecule has 1 atom stereocenters. The minimum absolute atomic E-state index is 0.00543. The molecule has 1 amide bonds. The number of nitrogens with one attached hydrogen (secondary N) is 2. The van der Waals surface area contributed by atoms with Gasteiger partial charge in [-0.1, -0.05) is 18.5 Å². The minimum Gasteiger partial charge on any atom is -0.506 e. The van der Waals surface area contributed by atoms with E-state index in [9.17, 15) is 9.90 Å². The van der Waals surface area contributed by atoms with Gasteiger partial charge in [0.1, 0.15) is 5.75 Å². The lowest BCUT2D eigenvalue weighted by atomic mass is 9.87. The number of amides is 1. The molecule has 2 heterocycles. The Morgan fingerprint density at radius 1 is 1.46 bits per heavy atom. The lowest BCUT2D eigenvalue weighted by Crippen LogP contribution is -2.43. The first kappa shape index (κ1) is 17.5. The monoisotopic (exact) mass is 351 g/mol. The van der Waals surface area contributed by atoms with Gasteiger partial charge in [-0.05, 0) is 62.5 Å². The van der Waals surface area contributed by atoms with E-state index in [4.69, 9.17) is 11.6 Å². The highest BCUT2D eigenvalue weighted by Crippen LogP contribution is 2.30. The lowest BCUT2D eigenvalue weighted by molar-refractivity contribution is -0.121. The molecule has 1 aromatic carbocycles. The SMILES string of the molecule is CC1(CN2CCC(C(=O)Nc3cc(Cl)ccc3O)CC2)CCNC1. The number of phenolic OH excluding ortho intramolecular Hbond substituents is 1. The van der Waals surface area contributed by atoms with Crippen LogP contribution in [0.5, 0.6) is 5.75 Å². The highest BCUT2D eigenvalue weighted by atomic mass is 35.5. The number of likely N-dealkylation sites (tertiary alicyclic amines) is 1. The molecule has 0 spiro atoms. The van der Waals surface area contributed by atoms with E-state index in [1.165, 1.54) is 12.5 Å². The van der Waals surface area contributed by atoms with Crippen LogP contribution in [-0.4, -0.2) is 48.6 Å². The fraction of sp³-hybridized carbons (Fsp3) is 0.611. The third-order valence-corrected chi connectivity index (χ3v) is 5.47. The number of phenols is 1. The standard InChI is InChI=1S/C18H26ClN3O2/c1-18(6-7-20-11-18)12-22-8-4-13(5-9-22)17(24)21-15-10-14(19)2-3-16(15)23/h2-3,10,13,20,23H,4-9,11-12H2,1H3,(H,21,24). The largest absolute Gasteiger partial charge is 0.506 e. The Morgan fingerprint density at radius 2 is 2.21 bits per heavy atom. The summed E-state index contributed by atoms with van der Waals surface area (Å²) in [4.78, 5) is 14.9. The fourth-order valence-corrected chi connectivity index (χ4v) is 3.91. The van der Waals surface area contributed by atoms with Crippen molar-refractivity contribution in [3.8, 4) is 5.75 Å². The number of halogens is 1. The van der Waals surface area contributed by atoms with Crippen LogP contribution in [-0.2, 0) is 4.79 Å². The Hall–Kier alpha value is -1.30. The fourth-order valence-electron chi connectivity index (χ4n) is 3.74. The number of anilines is 1. The number of hydrogen-bond donors (Lipinski definition) is 3. The average molecular weight is 352 g/mol. The van der Waals surface area contributed by atoms with Gasteiger partial charge < -0.3 is 20.6 Å². The van der Waals surface area contributed by atoms with Gasteiger partial charge in [0.2, 0.25) is 5.91 Å². The molecule has 1 unspecified atom stereocenters. The molecule has 0 aliphatic carbocycles. The lowest BCUT2D eigenvalue weighted by Gasteiger charge is -2.36. The van der Waals surface area contributed by atoms with E-state index < -0.39 is 0 Å². The smallest absolute Gasteiger partial charge is 0.227 e. The van der Waals surface area contributed by atoms with E-state index in [1.807, 2.05) is 0 Å². The molecule has 24 heavy (non-hydrogen) atoms. The summed E-state index contributed by atoms with van der Waals surface area (Å²) in [6.07, 6.45) is 2.94.